The molecule has 0 aliphatic carbocycles. The molecule has 0 aliphatic heterocycles. The second kappa shape index (κ2) is 14.6. The van der Waals surface area contributed by atoms with Crippen LogP contribution < -0.4 is 12.4 Å². The van der Waals surface area contributed by atoms with E-state index in [4.69, 9.17) is 0 Å². The summed E-state index contributed by atoms with van der Waals surface area (Å²) in [6, 6.07) is 0. The summed E-state index contributed by atoms with van der Waals surface area (Å²) in [6.45, 7) is 6.81. The Morgan fingerprint density at radius 3 is 1.17 bits per heavy atom. The average Bonchev–Trinajstić information content (AvgIpc) is 1.90. The summed E-state index contributed by atoms with van der Waals surface area (Å²) in [5, 5.41) is 0. The molecule has 0 rings (SSSR count). The molecular formula is C10H21ClMg. The molecule has 0 heterocycles. The fourth-order valence-electron chi connectivity index (χ4n) is 1.44. The molecule has 0 aromatic heterocycles. The van der Waals surface area contributed by atoms with Crippen LogP contribution >= 0.6 is 0 Å². The second-order valence-electron chi connectivity index (χ2n) is 3.00. The molecule has 0 N–H and O–H groups in total. The van der Waals surface area contributed by atoms with Crippen molar-refractivity contribution in [3.05, 3.63) is 5.92 Å². The summed E-state index contributed by atoms with van der Waals surface area (Å²) in [5.41, 5.74) is 0. The van der Waals surface area contributed by atoms with E-state index in [2.05, 4.69) is 20.8 Å². The van der Waals surface area contributed by atoms with E-state index in [-0.39, 0.29) is 35.5 Å². The average molecular weight is 201 g/mol. The van der Waals surface area contributed by atoms with Crippen LogP contribution in [0.4, 0.5) is 0 Å². The summed E-state index contributed by atoms with van der Waals surface area (Å²) >= 11 is 0. The molecule has 0 fully saturated rings. The van der Waals surface area contributed by atoms with Crippen molar-refractivity contribution >= 4 is 23.1 Å². The Labute approximate surface area is 100 Å². The van der Waals surface area contributed by atoms with Gasteiger partial charge in [-0.25, -0.2) is 0 Å². The van der Waals surface area contributed by atoms with Gasteiger partial charge in [0.2, 0.25) is 0 Å². The van der Waals surface area contributed by atoms with Crippen molar-refractivity contribution in [2.24, 2.45) is 0 Å². The van der Waals surface area contributed by atoms with Gasteiger partial charge in [-0.15, -0.1) is 0 Å². The van der Waals surface area contributed by atoms with Crippen LogP contribution in [0.2, 0.25) is 0 Å². The molecule has 0 unspecified atom stereocenters. The van der Waals surface area contributed by atoms with E-state index in [1.165, 1.54) is 38.5 Å². The largest absolute Gasteiger partial charge is 2.00 e. The Morgan fingerprint density at radius 1 is 0.750 bits per heavy atom. The Morgan fingerprint density at radius 2 is 1.00 bits per heavy atom. The smallest absolute Gasteiger partial charge is 1.00 e. The van der Waals surface area contributed by atoms with Crippen molar-refractivity contribution in [2.45, 2.75) is 59.3 Å². The first-order valence-corrected chi connectivity index (χ1v) is 4.68. The minimum Gasteiger partial charge on any atom is -1.00 e. The number of rotatable bonds is 6. The molecule has 0 saturated heterocycles. The zero-order valence-electron chi connectivity index (χ0n) is 8.83. The molecule has 0 bridgehead atoms. The van der Waals surface area contributed by atoms with E-state index < -0.39 is 0 Å². The van der Waals surface area contributed by atoms with Crippen LogP contribution in [0, 0.1) is 5.92 Å². The van der Waals surface area contributed by atoms with E-state index in [0.717, 1.165) is 0 Å². The molecule has 0 radical (unpaired) electrons. The molecule has 12 heavy (non-hydrogen) atoms. The summed E-state index contributed by atoms with van der Waals surface area (Å²) < 4.78 is 0. The van der Waals surface area contributed by atoms with E-state index in [1.807, 2.05) is 0 Å². The van der Waals surface area contributed by atoms with Gasteiger partial charge in [-0.2, -0.15) is 19.3 Å². The van der Waals surface area contributed by atoms with Crippen LogP contribution in [0.1, 0.15) is 59.3 Å². The third-order valence-electron chi connectivity index (χ3n) is 1.81. The Bertz CT molecular complexity index is 52.6. The van der Waals surface area contributed by atoms with Crippen molar-refractivity contribution < 1.29 is 12.4 Å². The van der Waals surface area contributed by atoms with Crippen LogP contribution in [-0.4, -0.2) is 23.1 Å². The normalized spacial score (nSPS) is 9.00. The van der Waals surface area contributed by atoms with E-state index in [9.17, 15) is 0 Å². The summed E-state index contributed by atoms with van der Waals surface area (Å²) in [6.07, 6.45) is 8.07. The molecule has 0 nitrogen and oxygen atoms in total. The number of hydrogen-bond acceptors (Lipinski definition) is 0. The molecule has 0 saturated carbocycles. The molecular weight excluding hydrogens is 180 g/mol. The predicted molar refractivity (Wildman–Crippen MR) is 53.7 cm³/mol. The molecule has 0 atom stereocenters. The molecule has 70 valence electrons. The molecule has 0 spiro atoms. The first kappa shape index (κ1) is 18.8. The van der Waals surface area contributed by atoms with E-state index in [1.54, 1.807) is 5.92 Å². The van der Waals surface area contributed by atoms with Gasteiger partial charge in [0.05, 0.1) is 0 Å². The predicted octanol–water partition coefficient (Wildman–Crippen LogP) is 0.584. The maximum atomic E-state index is 2.27. The van der Waals surface area contributed by atoms with Gasteiger partial charge < -0.3 is 18.3 Å². The van der Waals surface area contributed by atoms with Crippen LogP contribution in [0.5, 0.6) is 0 Å². The van der Waals surface area contributed by atoms with Gasteiger partial charge in [0, 0.05) is 0 Å². The van der Waals surface area contributed by atoms with Crippen molar-refractivity contribution in [3.63, 3.8) is 0 Å². The van der Waals surface area contributed by atoms with Gasteiger partial charge in [-0.3, -0.25) is 0 Å². The van der Waals surface area contributed by atoms with Crippen LogP contribution in [0.3, 0.4) is 0 Å². The van der Waals surface area contributed by atoms with Crippen LogP contribution in [0.15, 0.2) is 0 Å². The fourth-order valence-corrected chi connectivity index (χ4v) is 1.44. The summed E-state index contributed by atoms with van der Waals surface area (Å²) in [4.78, 5) is 0. The topological polar surface area (TPSA) is 0 Å². The molecule has 0 aliphatic rings. The second-order valence-corrected chi connectivity index (χ2v) is 3.00. The SMILES string of the molecule is CCC[C-](CCC)CCC.[Cl-].[Mg+2]. The van der Waals surface area contributed by atoms with Crippen molar-refractivity contribution in [2.75, 3.05) is 0 Å². The molecule has 0 amide bonds. The van der Waals surface area contributed by atoms with Gasteiger partial charge in [0.25, 0.3) is 0 Å². The third kappa shape index (κ3) is 11.1. The first-order chi connectivity index (χ1) is 4.85. The molecule has 0 aromatic carbocycles. The monoisotopic (exact) mass is 200 g/mol. The Balaban J connectivity index is -0.000000405. The molecule has 0 aromatic rings. The standard InChI is InChI=1S/C10H21.ClH.Mg/c1-4-7-10(8-5-2)9-6-3;;/h4-9H2,1-3H3;1H;/q-1;;+2/p-1. The number of halogens is 1. The van der Waals surface area contributed by atoms with Crippen molar-refractivity contribution in [1.29, 1.82) is 0 Å². The quantitative estimate of drug-likeness (QED) is 0.435. The van der Waals surface area contributed by atoms with Gasteiger partial charge in [0.15, 0.2) is 0 Å². The van der Waals surface area contributed by atoms with E-state index in [0.29, 0.717) is 0 Å². The zero-order chi connectivity index (χ0) is 7.82. The Kier molecular flexibility index (Phi) is 22.8. The maximum absolute atomic E-state index is 2.27. The van der Waals surface area contributed by atoms with E-state index >= 15 is 0 Å². The number of hydrogen-bond donors (Lipinski definition) is 0. The zero-order valence-corrected chi connectivity index (χ0v) is 11.0. The fraction of sp³-hybridized carbons (Fsp3) is 0.900. The summed E-state index contributed by atoms with van der Waals surface area (Å²) in [7, 11) is 0. The molecule has 2 heteroatoms. The summed E-state index contributed by atoms with van der Waals surface area (Å²) in [5.74, 6) is 1.78. The van der Waals surface area contributed by atoms with Crippen LogP contribution in [0.25, 0.3) is 0 Å². The van der Waals surface area contributed by atoms with Gasteiger partial charge >= 0.3 is 23.1 Å². The van der Waals surface area contributed by atoms with Crippen molar-refractivity contribution in [1.82, 2.24) is 0 Å². The third-order valence-corrected chi connectivity index (χ3v) is 1.81. The maximum Gasteiger partial charge on any atom is 2.00 e. The van der Waals surface area contributed by atoms with Gasteiger partial charge in [-0.05, 0) is 0 Å². The van der Waals surface area contributed by atoms with Gasteiger partial charge in [-0.1, -0.05) is 40.0 Å². The Hall–Kier alpha value is 1.06. The van der Waals surface area contributed by atoms with Gasteiger partial charge in [0.1, 0.15) is 0 Å². The van der Waals surface area contributed by atoms with Crippen molar-refractivity contribution in [3.8, 4) is 0 Å². The van der Waals surface area contributed by atoms with Crippen LogP contribution in [-0.2, 0) is 0 Å². The first-order valence-electron chi connectivity index (χ1n) is 4.68. The minimum absolute atomic E-state index is 0. The minimum atomic E-state index is 0.